The molecule has 2 aromatic rings. The zero-order valence-electron chi connectivity index (χ0n) is 13.4. The Morgan fingerprint density at radius 2 is 1.83 bits per heavy atom. The number of ether oxygens (including phenoxy) is 1. The summed E-state index contributed by atoms with van der Waals surface area (Å²) in [5.74, 6) is 0.891. The summed E-state index contributed by atoms with van der Waals surface area (Å²) in [6, 6.07) is 11.0. The third-order valence-corrected chi connectivity index (χ3v) is 3.57. The number of esters is 1. The third-order valence-electron chi connectivity index (χ3n) is 3.57. The van der Waals surface area contributed by atoms with Crippen LogP contribution in [0.25, 0.3) is 12.2 Å². The number of benzene rings is 1. The van der Waals surface area contributed by atoms with Gasteiger partial charge in [-0.25, -0.2) is 4.98 Å². The second kappa shape index (κ2) is 7.08. The van der Waals surface area contributed by atoms with Crippen LogP contribution in [0.5, 0.6) is 5.75 Å². The Hall–Kier alpha value is -2.95. The van der Waals surface area contributed by atoms with Crippen molar-refractivity contribution >= 4 is 29.8 Å². The zero-order chi connectivity index (χ0) is 16.9. The highest BCUT2D eigenvalue weighted by molar-refractivity contribution is 5.88. The normalized spacial score (nSPS) is 13.7. The molecule has 1 heterocycles. The number of hydrogen-bond acceptors (Lipinski definition) is 4. The number of carbonyl (C=O) groups is 2. The van der Waals surface area contributed by atoms with E-state index in [0.29, 0.717) is 11.6 Å². The average Bonchev–Trinajstić information content (AvgIpc) is 3.39. The van der Waals surface area contributed by atoms with Crippen molar-refractivity contribution in [2.24, 2.45) is 5.92 Å². The summed E-state index contributed by atoms with van der Waals surface area (Å²) < 4.78 is 5.30. The number of carbonyl (C=O) groups excluding carboxylic acids is 2. The van der Waals surface area contributed by atoms with Crippen LogP contribution >= 0.6 is 0 Å². The van der Waals surface area contributed by atoms with Gasteiger partial charge in [-0.2, -0.15) is 0 Å². The first-order chi connectivity index (χ1) is 11.6. The van der Waals surface area contributed by atoms with Crippen molar-refractivity contribution in [3.05, 3.63) is 53.7 Å². The van der Waals surface area contributed by atoms with Crippen LogP contribution in [0.1, 0.15) is 30.9 Å². The molecule has 1 aliphatic carbocycles. The molecule has 1 aromatic carbocycles. The molecule has 0 bridgehead atoms. The van der Waals surface area contributed by atoms with Crippen molar-refractivity contribution in [3.63, 3.8) is 0 Å². The Bertz CT molecular complexity index is 777. The minimum atomic E-state index is -0.153. The van der Waals surface area contributed by atoms with E-state index in [1.54, 1.807) is 24.4 Å². The highest BCUT2D eigenvalue weighted by Crippen LogP contribution is 2.30. The first-order valence-electron chi connectivity index (χ1n) is 7.83. The molecule has 1 N–H and O–H groups in total. The molecule has 0 unspecified atom stereocenters. The lowest BCUT2D eigenvalue weighted by atomic mass is 10.1. The van der Waals surface area contributed by atoms with Crippen molar-refractivity contribution in [1.82, 2.24) is 4.98 Å². The van der Waals surface area contributed by atoms with Crippen molar-refractivity contribution in [2.75, 3.05) is 5.32 Å². The quantitative estimate of drug-likeness (QED) is 0.675. The van der Waals surface area contributed by atoms with Crippen molar-refractivity contribution < 1.29 is 14.3 Å². The topological polar surface area (TPSA) is 68.3 Å². The smallest absolute Gasteiger partial charge is 0.314 e. The van der Waals surface area contributed by atoms with Crippen molar-refractivity contribution in [3.8, 4) is 5.75 Å². The maximum absolute atomic E-state index is 11.6. The van der Waals surface area contributed by atoms with Gasteiger partial charge in [0.05, 0.1) is 5.92 Å². The van der Waals surface area contributed by atoms with Gasteiger partial charge in [0.25, 0.3) is 0 Å². The van der Waals surface area contributed by atoms with Gasteiger partial charge in [-0.05, 0) is 48.2 Å². The molecule has 1 aliphatic rings. The van der Waals surface area contributed by atoms with Crippen LogP contribution in [0.15, 0.2) is 42.6 Å². The number of anilines is 1. The Balaban J connectivity index is 1.63. The molecule has 122 valence electrons. The third kappa shape index (κ3) is 4.52. The van der Waals surface area contributed by atoms with Gasteiger partial charge in [0, 0.05) is 13.1 Å². The molecular formula is C19H18N2O3. The van der Waals surface area contributed by atoms with Gasteiger partial charge < -0.3 is 10.1 Å². The van der Waals surface area contributed by atoms with Crippen LogP contribution in [-0.2, 0) is 9.59 Å². The van der Waals surface area contributed by atoms with E-state index in [1.807, 2.05) is 30.4 Å². The van der Waals surface area contributed by atoms with Crippen LogP contribution in [-0.4, -0.2) is 16.9 Å². The fourth-order valence-corrected chi connectivity index (χ4v) is 2.16. The SMILES string of the molecule is CC(=O)Nc1cc(/C=C/c2ccc(OC(=O)C3CC3)cc2)ccn1. The predicted octanol–water partition coefficient (Wildman–Crippen LogP) is 3.53. The highest BCUT2D eigenvalue weighted by Gasteiger charge is 2.31. The van der Waals surface area contributed by atoms with Gasteiger partial charge in [-0.1, -0.05) is 24.3 Å². The van der Waals surface area contributed by atoms with E-state index in [-0.39, 0.29) is 17.8 Å². The van der Waals surface area contributed by atoms with Crippen LogP contribution in [0.2, 0.25) is 0 Å². The van der Waals surface area contributed by atoms with E-state index in [9.17, 15) is 9.59 Å². The van der Waals surface area contributed by atoms with Crippen LogP contribution in [0, 0.1) is 5.92 Å². The van der Waals surface area contributed by atoms with Crippen LogP contribution in [0.3, 0.4) is 0 Å². The molecule has 5 heteroatoms. The fourth-order valence-electron chi connectivity index (χ4n) is 2.16. The largest absolute Gasteiger partial charge is 0.426 e. The van der Waals surface area contributed by atoms with E-state index < -0.39 is 0 Å². The van der Waals surface area contributed by atoms with E-state index in [4.69, 9.17) is 4.74 Å². The minimum Gasteiger partial charge on any atom is -0.426 e. The van der Waals surface area contributed by atoms with Crippen LogP contribution in [0.4, 0.5) is 5.82 Å². The van der Waals surface area contributed by atoms with E-state index >= 15 is 0 Å². The van der Waals surface area contributed by atoms with Crippen LogP contribution < -0.4 is 10.1 Å². The molecule has 1 aromatic heterocycles. The van der Waals surface area contributed by atoms with E-state index in [1.165, 1.54) is 6.92 Å². The summed E-state index contributed by atoms with van der Waals surface area (Å²) >= 11 is 0. The number of nitrogens with zero attached hydrogens (tertiary/aromatic N) is 1. The lowest BCUT2D eigenvalue weighted by Gasteiger charge is -2.03. The summed E-state index contributed by atoms with van der Waals surface area (Å²) in [5.41, 5.74) is 1.91. The molecule has 0 spiro atoms. The first kappa shape index (κ1) is 15.9. The molecule has 1 fully saturated rings. The Labute approximate surface area is 140 Å². The Kier molecular flexibility index (Phi) is 4.70. The minimum absolute atomic E-state index is 0.0917. The zero-order valence-corrected chi connectivity index (χ0v) is 13.4. The molecule has 3 rings (SSSR count). The van der Waals surface area contributed by atoms with Gasteiger partial charge in [0.1, 0.15) is 11.6 Å². The lowest BCUT2D eigenvalue weighted by molar-refractivity contribution is -0.135. The van der Waals surface area contributed by atoms with Crippen molar-refractivity contribution in [2.45, 2.75) is 19.8 Å². The summed E-state index contributed by atoms with van der Waals surface area (Å²) in [7, 11) is 0. The molecule has 1 saturated carbocycles. The predicted molar refractivity (Wildman–Crippen MR) is 92.3 cm³/mol. The monoisotopic (exact) mass is 322 g/mol. The molecule has 0 radical (unpaired) electrons. The summed E-state index contributed by atoms with van der Waals surface area (Å²) in [6.45, 7) is 1.45. The van der Waals surface area contributed by atoms with E-state index in [2.05, 4.69) is 10.3 Å². The van der Waals surface area contributed by atoms with E-state index in [0.717, 1.165) is 24.0 Å². The highest BCUT2D eigenvalue weighted by atomic mass is 16.5. The average molecular weight is 322 g/mol. The fraction of sp³-hybridized carbons (Fsp3) is 0.211. The summed E-state index contributed by atoms with van der Waals surface area (Å²) in [5, 5.41) is 2.65. The molecular weight excluding hydrogens is 304 g/mol. The standard InChI is InChI=1S/C19H18N2O3/c1-13(22)21-18-12-15(10-11-20-18)3-2-14-4-8-17(9-5-14)24-19(23)16-6-7-16/h2-5,8-12,16H,6-7H2,1H3,(H,20,21,22)/b3-2+. The number of amides is 1. The lowest BCUT2D eigenvalue weighted by Crippen LogP contribution is -2.09. The summed E-state index contributed by atoms with van der Waals surface area (Å²) in [6.07, 6.45) is 7.39. The number of hydrogen-bond donors (Lipinski definition) is 1. The molecule has 5 nitrogen and oxygen atoms in total. The van der Waals surface area contributed by atoms with Gasteiger partial charge in [-0.3, -0.25) is 9.59 Å². The Morgan fingerprint density at radius 1 is 1.12 bits per heavy atom. The maximum Gasteiger partial charge on any atom is 0.314 e. The number of nitrogens with one attached hydrogen (secondary N) is 1. The van der Waals surface area contributed by atoms with Gasteiger partial charge in [-0.15, -0.1) is 0 Å². The molecule has 0 aliphatic heterocycles. The van der Waals surface area contributed by atoms with Gasteiger partial charge in [0.15, 0.2) is 0 Å². The number of aromatic nitrogens is 1. The van der Waals surface area contributed by atoms with Gasteiger partial charge in [0.2, 0.25) is 5.91 Å². The maximum atomic E-state index is 11.6. The summed E-state index contributed by atoms with van der Waals surface area (Å²) in [4.78, 5) is 26.7. The van der Waals surface area contributed by atoms with Crippen molar-refractivity contribution in [1.29, 1.82) is 0 Å². The number of rotatable bonds is 5. The molecule has 0 atom stereocenters. The molecule has 24 heavy (non-hydrogen) atoms. The second-order valence-electron chi connectivity index (χ2n) is 5.75. The first-order valence-corrected chi connectivity index (χ1v) is 7.83. The molecule has 1 amide bonds. The Morgan fingerprint density at radius 3 is 2.50 bits per heavy atom. The molecule has 0 saturated heterocycles. The number of pyridine rings is 1. The van der Waals surface area contributed by atoms with Gasteiger partial charge >= 0.3 is 5.97 Å². The second-order valence-corrected chi connectivity index (χ2v) is 5.75.